The van der Waals surface area contributed by atoms with Crippen molar-refractivity contribution in [3.05, 3.63) is 18.6 Å². The average Bonchev–Trinajstić information content (AvgIpc) is 2.26. The molecule has 1 rings (SSSR count). The third-order valence-corrected chi connectivity index (χ3v) is 1.65. The molecule has 0 radical (unpaired) electrons. The topological polar surface area (TPSA) is 78.9 Å². The monoisotopic (exact) mass is 209 g/mol. The minimum Gasteiger partial charge on any atom is -0.367 e. The van der Waals surface area contributed by atoms with Crippen molar-refractivity contribution in [1.82, 2.24) is 20.6 Å². The van der Waals surface area contributed by atoms with E-state index in [4.69, 9.17) is 0 Å². The van der Waals surface area contributed by atoms with Crippen molar-refractivity contribution < 1.29 is 4.79 Å². The maximum Gasteiger partial charge on any atom is 0.234 e. The first-order valence-electron chi connectivity index (χ1n) is 4.74. The summed E-state index contributed by atoms with van der Waals surface area (Å²) < 4.78 is 0. The van der Waals surface area contributed by atoms with Crippen LogP contribution < -0.4 is 16.0 Å². The Bertz CT molecular complexity index is 290. The summed E-state index contributed by atoms with van der Waals surface area (Å²) in [5, 5.41) is 8.55. The molecule has 0 aliphatic carbocycles. The first kappa shape index (κ1) is 11.4. The molecule has 1 aromatic rings. The number of aromatic nitrogens is 2. The van der Waals surface area contributed by atoms with E-state index in [0.29, 0.717) is 25.5 Å². The molecule has 15 heavy (non-hydrogen) atoms. The van der Waals surface area contributed by atoms with E-state index in [-0.39, 0.29) is 5.91 Å². The van der Waals surface area contributed by atoms with E-state index < -0.39 is 0 Å². The first-order valence-corrected chi connectivity index (χ1v) is 4.74. The van der Waals surface area contributed by atoms with Crippen molar-refractivity contribution in [3.8, 4) is 0 Å². The lowest BCUT2D eigenvalue weighted by Gasteiger charge is -2.06. The van der Waals surface area contributed by atoms with Crippen LogP contribution in [0, 0.1) is 0 Å². The molecular formula is C9H15N5O. The quantitative estimate of drug-likeness (QED) is 0.536. The van der Waals surface area contributed by atoms with Gasteiger partial charge in [-0.2, -0.15) is 0 Å². The summed E-state index contributed by atoms with van der Waals surface area (Å²) in [6, 6.07) is 0. The highest BCUT2D eigenvalue weighted by Crippen LogP contribution is 1.94. The van der Waals surface area contributed by atoms with E-state index in [2.05, 4.69) is 25.9 Å². The van der Waals surface area contributed by atoms with Gasteiger partial charge < -0.3 is 16.0 Å². The van der Waals surface area contributed by atoms with Crippen LogP contribution in [0.4, 0.5) is 5.82 Å². The Morgan fingerprint density at radius 1 is 1.40 bits per heavy atom. The standard InChI is InChI=1S/C9H15N5O/c1-10-7-9(15)14-5-4-13-8-6-11-2-3-12-8/h2-3,6,10H,4-5,7H2,1H3,(H,12,13)(H,14,15). The zero-order chi connectivity index (χ0) is 10.9. The number of rotatable bonds is 6. The molecule has 0 aromatic carbocycles. The van der Waals surface area contributed by atoms with Crippen LogP contribution in [0.15, 0.2) is 18.6 Å². The third-order valence-electron chi connectivity index (χ3n) is 1.65. The Balaban J connectivity index is 2.10. The molecular weight excluding hydrogens is 194 g/mol. The van der Waals surface area contributed by atoms with Gasteiger partial charge in [-0.05, 0) is 7.05 Å². The highest BCUT2D eigenvalue weighted by atomic mass is 16.1. The van der Waals surface area contributed by atoms with E-state index >= 15 is 0 Å². The number of hydrogen-bond donors (Lipinski definition) is 3. The molecule has 0 fully saturated rings. The van der Waals surface area contributed by atoms with Crippen LogP contribution in [0.2, 0.25) is 0 Å². The summed E-state index contributed by atoms with van der Waals surface area (Å²) in [5.74, 6) is 0.693. The fourth-order valence-electron chi connectivity index (χ4n) is 1.01. The number of carbonyl (C=O) groups excluding carboxylic acids is 1. The maximum absolute atomic E-state index is 11.0. The summed E-state index contributed by atoms with van der Waals surface area (Å²) in [6.07, 6.45) is 4.86. The van der Waals surface area contributed by atoms with Gasteiger partial charge in [0.2, 0.25) is 5.91 Å². The summed E-state index contributed by atoms with van der Waals surface area (Å²) >= 11 is 0. The highest BCUT2D eigenvalue weighted by Gasteiger charge is 1.97. The summed E-state index contributed by atoms with van der Waals surface area (Å²) in [5.41, 5.74) is 0. The predicted octanol–water partition coefficient (Wildman–Crippen LogP) is -0.776. The first-order chi connectivity index (χ1) is 7.33. The Morgan fingerprint density at radius 3 is 2.93 bits per heavy atom. The predicted molar refractivity (Wildman–Crippen MR) is 57.5 cm³/mol. The van der Waals surface area contributed by atoms with Crippen LogP contribution in [0.3, 0.4) is 0 Å². The molecule has 6 nitrogen and oxygen atoms in total. The van der Waals surface area contributed by atoms with Crippen molar-refractivity contribution in [2.45, 2.75) is 0 Å². The molecule has 0 spiro atoms. The Kier molecular flexibility index (Phi) is 5.10. The normalized spacial score (nSPS) is 9.67. The van der Waals surface area contributed by atoms with Crippen LogP contribution in [0.25, 0.3) is 0 Å². The highest BCUT2D eigenvalue weighted by molar-refractivity contribution is 5.77. The molecule has 0 bridgehead atoms. The van der Waals surface area contributed by atoms with Crippen molar-refractivity contribution in [2.24, 2.45) is 0 Å². The lowest BCUT2D eigenvalue weighted by Crippen LogP contribution is -2.35. The van der Waals surface area contributed by atoms with Gasteiger partial charge in [0, 0.05) is 25.5 Å². The number of carbonyl (C=O) groups is 1. The summed E-state index contributed by atoms with van der Waals surface area (Å²) in [4.78, 5) is 19.0. The van der Waals surface area contributed by atoms with Crippen molar-refractivity contribution in [3.63, 3.8) is 0 Å². The summed E-state index contributed by atoms with van der Waals surface area (Å²) in [6.45, 7) is 1.54. The second kappa shape index (κ2) is 6.72. The smallest absolute Gasteiger partial charge is 0.234 e. The Hall–Kier alpha value is -1.69. The fraction of sp³-hybridized carbons (Fsp3) is 0.444. The minimum atomic E-state index is -0.0153. The van der Waals surface area contributed by atoms with Crippen molar-refractivity contribution >= 4 is 11.7 Å². The van der Waals surface area contributed by atoms with Crippen LogP contribution in [-0.2, 0) is 4.79 Å². The minimum absolute atomic E-state index is 0.0153. The number of hydrogen-bond acceptors (Lipinski definition) is 5. The Labute approximate surface area is 88.5 Å². The van der Waals surface area contributed by atoms with E-state index in [1.165, 1.54) is 0 Å². The van der Waals surface area contributed by atoms with Gasteiger partial charge in [0.05, 0.1) is 12.7 Å². The van der Waals surface area contributed by atoms with Crippen molar-refractivity contribution in [1.29, 1.82) is 0 Å². The van der Waals surface area contributed by atoms with E-state index in [9.17, 15) is 4.79 Å². The van der Waals surface area contributed by atoms with Gasteiger partial charge in [-0.3, -0.25) is 9.78 Å². The molecule has 3 N–H and O–H groups in total. The number of likely N-dealkylation sites (N-methyl/N-ethyl adjacent to an activating group) is 1. The van der Waals surface area contributed by atoms with Crippen LogP contribution in [0.5, 0.6) is 0 Å². The number of nitrogens with one attached hydrogen (secondary N) is 3. The molecule has 0 aliphatic heterocycles. The van der Waals surface area contributed by atoms with Gasteiger partial charge in [-0.1, -0.05) is 0 Å². The Morgan fingerprint density at radius 2 is 2.27 bits per heavy atom. The summed E-state index contributed by atoms with van der Waals surface area (Å²) in [7, 11) is 1.73. The molecule has 1 amide bonds. The zero-order valence-corrected chi connectivity index (χ0v) is 8.66. The van der Waals surface area contributed by atoms with Gasteiger partial charge in [0.15, 0.2) is 0 Å². The van der Waals surface area contributed by atoms with Gasteiger partial charge in [0.25, 0.3) is 0 Å². The van der Waals surface area contributed by atoms with Gasteiger partial charge >= 0.3 is 0 Å². The maximum atomic E-state index is 11.0. The SMILES string of the molecule is CNCC(=O)NCCNc1cnccn1. The second-order valence-electron chi connectivity index (χ2n) is 2.90. The number of nitrogens with zero attached hydrogens (tertiary/aromatic N) is 2. The van der Waals surface area contributed by atoms with Crippen LogP contribution in [-0.4, -0.2) is 42.6 Å². The average molecular weight is 209 g/mol. The molecule has 82 valence electrons. The van der Waals surface area contributed by atoms with Crippen LogP contribution >= 0.6 is 0 Å². The molecule has 6 heteroatoms. The number of amides is 1. The molecule has 0 unspecified atom stereocenters. The lowest BCUT2D eigenvalue weighted by atomic mass is 10.5. The molecule has 0 saturated heterocycles. The second-order valence-corrected chi connectivity index (χ2v) is 2.90. The van der Waals surface area contributed by atoms with Gasteiger partial charge in [-0.25, -0.2) is 4.98 Å². The third kappa shape index (κ3) is 4.92. The van der Waals surface area contributed by atoms with E-state index in [0.717, 1.165) is 0 Å². The van der Waals surface area contributed by atoms with Crippen molar-refractivity contribution in [2.75, 3.05) is 32.0 Å². The van der Waals surface area contributed by atoms with E-state index in [1.807, 2.05) is 0 Å². The number of anilines is 1. The zero-order valence-electron chi connectivity index (χ0n) is 8.66. The largest absolute Gasteiger partial charge is 0.367 e. The molecule has 1 aromatic heterocycles. The fourth-order valence-corrected chi connectivity index (χ4v) is 1.01. The lowest BCUT2D eigenvalue weighted by molar-refractivity contribution is -0.120. The molecule has 0 saturated carbocycles. The van der Waals surface area contributed by atoms with E-state index in [1.54, 1.807) is 25.6 Å². The molecule has 0 aliphatic rings. The molecule has 0 atom stereocenters. The van der Waals surface area contributed by atoms with Crippen LogP contribution in [0.1, 0.15) is 0 Å². The van der Waals surface area contributed by atoms with Gasteiger partial charge in [-0.15, -0.1) is 0 Å². The molecule has 1 heterocycles. The van der Waals surface area contributed by atoms with Gasteiger partial charge in [0.1, 0.15) is 5.82 Å².